The van der Waals surface area contributed by atoms with Gasteiger partial charge in [-0.1, -0.05) is 0 Å². The minimum atomic E-state index is 0.322. The van der Waals surface area contributed by atoms with E-state index in [1.807, 2.05) is 6.07 Å². The Labute approximate surface area is 178 Å². The van der Waals surface area contributed by atoms with Crippen LogP contribution in [0.15, 0.2) is 35.4 Å². The maximum atomic E-state index is 5.46. The highest BCUT2D eigenvalue weighted by atomic mass is 32.1. The summed E-state index contributed by atoms with van der Waals surface area (Å²) in [4.78, 5) is 0. The van der Waals surface area contributed by atoms with Crippen LogP contribution >= 0.6 is 12.2 Å². The average molecular weight is 430 g/mol. The Kier molecular flexibility index (Phi) is 6.58. The molecule has 2 aromatic carbocycles. The van der Waals surface area contributed by atoms with Crippen molar-refractivity contribution in [1.82, 2.24) is 14.9 Å². The second kappa shape index (κ2) is 9.31. The number of hydrogen-bond acceptors (Lipinski definition) is 8. The molecule has 0 saturated heterocycles. The second-order valence-electron chi connectivity index (χ2n) is 5.92. The van der Waals surface area contributed by atoms with E-state index < -0.39 is 0 Å². The summed E-state index contributed by atoms with van der Waals surface area (Å²) in [5, 5.41) is 11.6. The molecule has 3 aromatic rings. The molecule has 0 fully saturated rings. The number of aromatic amines is 1. The molecule has 158 valence electrons. The van der Waals surface area contributed by atoms with E-state index in [0.29, 0.717) is 44.9 Å². The van der Waals surface area contributed by atoms with Gasteiger partial charge >= 0.3 is 0 Å². The normalized spacial score (nSPS) is 10.8. The van der Waals surface area contributed by atoms with Crippen LogP contribution < -0.4 is 23.7 Å². The SMILES string of the molecule is COc1cc(OC)c(/C=N/n2c(-c3ccc(OC)c(OC)c3)n[nH]c2=S)c(OC)c1. The highest BCUT2D eigenvalue weighted by Crippen LogP contribution is 2.34. The summed E-state index contributed by atoms with van der Waals surface area (Å²) in [7, 11) is 7.84. The van der Waals surface area contributed by atoms with Crippen LogP contribution in [-0.2, 0) is 0 Å². The molecule has 0 amide bonds. The molecule has 0 saturated carbocycles. The van der Waals surface area contributed by atoms with Gasteiger partial charge in [-0.25, -0.2) is 5.10 Å². The number of H-pyrrole nitrogens is 1. The zero-order chi connectivity index (χ0) is 21.7. The number of methoxy groups -OCH3 is 5. The van der Waals surface area contributed by atoms with Crippen LogP contribution in [0.25, 0.3) is 11.4 Å². The fourth-order valence-corrected chi connectivity index (χ4v) is 3.02. The summed E-state index contributed by atoms with van der Waals surface area (Å²) in [6.45, 7) is 0. The molecular formula is C20H22N4O5S. The first-order chi connectivity index (χ1) is 14.6. The van der Waals surface area contributed by atoms with E-state index in [4.69, 9.17) is 35.9 Å². The van der Waals surface area contributed by atoms with Crippen molar-refractivity contribution in [2.24, 2.45) is 5.10 Å². The first-order valence-corrected chi connectivity index (χ1v) is 9.21. The van der Waals surface area contributed by atoms with Crippen LogP contribution in [0.3, 0.4) is 0 Å². The first-order valence-electron chi connectivity index (χ1n) is 8.80. The van der Waals surface area contributed by atoms with Crippen molar-refractivity contribution in [2.75, 3.05) is 35.5 Å². The summed E-state index contributed by atoms with van der Waals surface area (Å²) in [6.07, 6.45) is 1.59. The second-order valence-corrected chi connectivity index (χ2v) is 6.31. The molecule has 30 heavy (non-hydrogen) atoms. The molecule has 0 bridgehead atoms. The summed E-state index contributed by atoms with van der Waals surface area (Å²) in [5.74, 6) is 3.36. The van der Waals surface area contributed by atoms with Crippen LogP contribution in [0.1, 0.15) is 5.56 Å². The minimum Gasteiger partial charge on any atom is -0.496 e. The van der Waals surface area contributed by atoms with E-state index >= 15 is 0 Å². The minimum absolute atomic E-state index is 0.322. The third-order valence-electron chi connectivity index (χ3n) is 4.35. The Morgan fingerprint density at radius 3 is 2.07 bits per heavy atom. The van der Waals surface area contributed by atoms with Gasteiger partial charge in [-0.2, -0.15) is 14.9 Å². The molecule has 1 heterocycles. The molecule has 0 spiro atoms. The summed E-state index contributed by atoms with van der Waals surface area (Å²) < 4.78 is 28.7. The third-order valence-corrected chi connectivity index (χ3v) is 4.61. The smallest absolute Gasteiger partial charge is 0.216 e. The lowest BCUT2D eigenvalue weighted by atomic mass is 10.2. The van der Waals surface area contributed by atoms with Gasteiger partial charge in [0.25, 0.3) is 0 Å². The zero-order valence-corrected chi connectivity index (χ0v) is 18.1. The maximum Gasteiger partial charge on any atom is 0.216 e. The topological polar surface area (TPSA) is 92.1 Å². The molecule has 0 atom stereocenters. The van der Waals surface area contributed by atoms with E-state index in [9.17, 15) is 0 Å². The molecule has 0 unspecified atom stereocenters. The van der Waals surface area contributed by atoms with E-state index in [-0.39, 0.29) is 0 Å². The zero-order valence-electron chi connectivity index (χ0n) is 17.3. The monoisotopic (exact) mass is 430 g/mol. The molecule has 0 aliphatic heterocycles. The number of nitrogens with one attached hydrogen (secondary N) is 1. The molecule has 0 radical (unpaired) electrons. The Balaban J connectivity index is 2.07. The van der Waals surface area contributed by atoms with Crippen molar-refractivity contribution >= 4 is 18.4 Å². The van der Waals surface area contributed by atoms with Crippen LogP contribution in [0.5, 0.6) is 28.7 Å². The fraction of sp³-hybridized carbons (Fsp3) is 0.250. The Morgan fingerprint density at radius 2 is 1.50 bits per heavy atom. The van der Waals surface area contributed by atoms with Gasteiger partial charge in [-0.3, -0.25) is 0 Å². The highest BCUT2D eigenvalue weighted by Gasteiger charge is 2.14. The van der Waals surface area contributed by atoms with Gasteiger partial charge in [0.2, 0.25) is 4.77 Å². The average Bonchev–Trinajstić information content (AvgIpc) is 3.16. The lowest BCUT2D eigenvalue weighted by Crippen LogP contribution is -2.00. The molecular weight excluding hydrogens is 408 g/mol. The molecule has 0 aliphatic rings. The number of hydrogen-bond donors (Lipinski definition) is 1. The lowest BCUT2D eigenvalue weighted by molar-refractivity contribution is 0.355. The van der Waals surface area contributed by atoms with E-state index in [0.717, 1.165) is 5.56 Å². The van der Waals surface area contributed by atoms with Crippen LogP contribution in [0.4, 0.5) is 0 Å². The van der Waals surface area contributed by atoms with Crippen LogP contribution in [0, 0.1) is 4.77 Å². The maximum absolute atomic E-state index is 5.46. The third kappa shape index (κ3) is 4.08. The Hall–Kier alpha value is -3.53. The summed E-state index contributed by atoms with van der Waals surface area (Å²) >= 11 is 5.35. The van der Waals surface area contributed by atoms with Crippen molar-refractivity contribution in [1.29, 1.82) is 0 Å². The predicted molar refractivity (Wildman–Crippen MR) is 115 cm³/mol. The van der Waals surface area contributed by atoms with Gasteiger partial charge in [-0.05, 0) is 30.4 Å². The van der Waals surface area contributed by atoms with E-state index in [1.54, 1.807) is 66.0 Å². The van der Waals surface area contributed by atoms with Gasteiger partial charge in [-0.15, -0.1) is 0 Å². The number of ether oxygens (including phenoxy) is 5. The van der Waals surface area contributed by atoms with Crippen molar-refractivity contribution in [3.8, 4) is 40.1 Å². The molecule has 9 nitrogen and oxygen atoms in total. The standard InChI is InChI=1S/C20H22N4O5S/c1-25-13-9-16(27-3)14(17(10-13)28-4)11-21-24-19(22-23-20(24)30)12-6-7-15(26-2)18(8-12)29-5/h6-11H,1-5H3,(H,23,30)/b21-11+. The summed E-state index contributed by atoms with van der Waals surface area (Å²) in [5.41, 5.74) is 1.37. The number of benzene rings is 2. The summed E-state index contributed by atoms with van der Waals surface area (Å²) in [6, 6.07) is 8.91. The van der Waals surface area contributed by atoms with Gasteiger partial charge in [0.15, 0.2) is 17.3 Å². The van der Waals surface area contributed by atoms with Crippen LogP contribution in [-0.4, -0.2) is 56.6 Å². The largest absolute Gasteiger partial charge is 0.496 e. The molecule has 1 N–H and O–H groups in total. The number of nitrogens with zero attached hydrogens (tertiary/aromatic N) is 3. The van der Waals surface area contributed by atoms with Crippen LogP contribution in [0.2, 0.25) is 0 Å². The highest BCUT2D eigenvalue weighted by molar-refractivity contribution is 7.71. The van der Waals surface area contributed by atoms with Crippen molar-refractivity contribution in [2.45, 2.75) is 0 Å². The molecule has 10 heteroatoms. The number of aromatic nitrogens is 3. The van der Waals surface area contributed by atoms with E-state index in [2.05, 4.69) is 15.3 Å². The van der Waals surface area contributed by atoms with Gasteiger partial charge < -0.3 is 23.7 Å². The molecule has 1 aromatic heterocycles. The van der Waals surface area contributed by atoms with Gasteiger partial charge in [0.1, 0.15) is 17.2 Å². The molecule has 0 aliphatic carbocycles. The van der Waals surface area contributed by atoms with Crippen molar-refractivity contribution in [3.63, 3.8) is 0 Å². The quantitative estimate of drug-likeness (QED) is 0.432. The number of rotatable bonds is 8. The Bertz CT molecular complexity index is 1100. The lowest BCUT2D eigenvalue weighted by Gasteiger charge is -2.12. The fourth-order valence-electron chi connectivity index (χ4n) is 2.84. The predicted octanol–water partition coefficient (Wildman–Crippen LogP) is 3.53. The van der Waals surface area contributed by atoms with E-state index in [1.165, 1.54) is 4.68 Å². The van der Waals surface area contributed by atoms with Gasteiger partial charge in [0.05, 0.1) is 47.3 Å². The van der Waals surface area contributed by atoms with Crippen molar-refractivity contribution in [3.05, 3.63) is 40.7 Å². The Morgan fingerprint density at radius 1 is 0.867 bits per heavy atom. The first kappa shape index (κ1) is 21.2. The van der Waals surface area contributed by atoms with Crippen molar-refractivity contribution < 1.29 is 23.7 Å². The van der Waals surface area contributed by atoms with Gasteiger partial charge in [0, 0.05) is 17.7 Å². The molecule has 3 rings (SSSR count).